The van der Waals surface area contributed by atoms with Crippen molar-refractivity contribution >= 4 is 55.2 Å². The zero-order valence-corrected chi connectivity index (χ0v) is 17.4. The molecule has 138 valence electrons. The molecule has 3 aromatic carbocycles. The third kappa shape index (κ3) is 3.16. The second-order valence-electron chi connectivity index (χ2n) is 8.11. The fourth-order valence-corrected chi connectivity index (χ4v) is 4.57. The van der Waals surface area contributed by atoms with Gasteiger partial charge in [-0.3, -0.25) is 0 Å². The minimum Gasteiger partial charge on any atom is -0.427 e. The van der Waals surface area contributed by atoms with Crippen LogP contribution in [0.5, 0.6) is 0 Å². The standard InChI is InChI=1S/C23H25BO2S/c1-22(2,25-5)23(3,4)26-24-16-11-13-17-15(14-16)10-12-19-18-8-6-7-9-20(18)27-21(17)19/h6-14,24H,1-5H3. The van der Waals surface area contributed by atoms with E-state index in [2.05, 4.69) is 82.3 Å². The molecular formula is C23H25BO2S. The minimum absolute atomic E-state index is 0.354. The molecule has 0 spiro atoms. The van der Waals surface area contributed by atoms with Gasteiger partial charge in [0.1, 0.15) is 0 Å². The molecule has 1 aromatic heterocycles. The van der Waals surface area contributed by atoms with Crippen LogP contribution >= 0.6 is 11.3 Å². The van der Waals surface area contributed by atoms with Crippen molar-refractivity contribution < 1.29 is 9.39 Å². The van der Waals surface area contributed by atoms with E-state index in [4.69, 9.17) is 9.39 Å². The number of benzene rings is 3. The Morgan fingerprint density at radius 1 is 0.815 bits per heavy atom. The van der Waals surface area contributed by atoms with Gasteiger partial charge in [-0.25, -0.2) is 0 Å². The van der Waals surface area contributed by atoms with E-state index < -0.39 is 0 Å². The van der Waals surface area contributed by atoms with Crippen molar-refractivity contribution in [1.29, 1.82) is 0 Å². The van der Waals surface area contributed by atoms with Crippen LogP contribution in [-0.2, 0) is 9.39 Å². The molecule has 0 aliphatic rings. The molecule has 0 fully saturated rings. The van der Waals surface area contributed by atoms with Gasteiger partial charge < -0.3 is 9.39 Å². The lowest BCUT2D eigenvalue weighted by molar-refractivity contribution is -0.114. The molecule has 0 aliphatic heterocycles. The van der Waals surface area contributed by atoms with Crippen molar-refractivity contribution in [2.24, 2.45) is 0 Å². The Morgan fingerprint density at radius 3 is 2.33 bits per heavy atom. The molecule has 0 amide bonds. The fraction of sp³-hybridized carbons (Fsp3) is 0.304. The van der Waals surface area contributed by atoms with E-state index >= 15 is 0 Å². The largest absolute Gasteiger partial charge is 0.427 e. The van der Waals surface area contributed by atoms with E-state index in [9.17, 15) is 0 Å². The predicted molar refractivity (Wildman–Crippen MR) is 120 cm³/mol. The van der Waals surface area contributed by atoms with E-state index in [0.717, 1.165) is 0 Å². The van der Waals surface area contributed by atoms with Crippen molar-refractivity contribution in [3.8, 4) is 0 Å². The summed E-state index contributed by atoms with van der Waals surface area (Å²) in [5, 5.41) is 5.26. The number of rotatable bonds is 5. The van der Waals surface area contributed by atoms with Crippen LogP contribution in [0.1, 0.15) is 27.7 Å². The maximum atomic E-state index is 6.23. The van der Waals surface area contributed by atoms with Crippen LogP contribution in [-0.4, -0.2) is 25.8 Å². The Kier molecular flexibility index (Phi) is 4.54. The Morgan fingerprint density at radius 2 is 1.56 bits per heavy atom. The van der Waals surface area contributed by atoms with Crippen LogP contribution in [0.3, 0.4) is 0 Å². The number of thiophene rings is 1. The highest BCUT2D eigenvalue weighted by atomic mass is 32.1. The highest BCUT2D eigenvalue weighted by Gasteiger charge is 2.37. The summed E-state index contributed by atoms with van der Waals surface area (Å²) in [6.45, 7) is 8.29. The molecule has 0 saturated carbocycles. The second-order valence-corrected chi connectivity index (χ2v) is 9.16. The van der Waals surface area contributed by atoms with Crippen molar-refractivity contribution in [3.05, 3.63) is 54.6 Å². The first kappa shape index (κ1) is 18.5. The molecule has 0 atom stereocenters. The van der Waals surface area contributed by atoms with E-state index in [1.54, 1.807) is 7.11 Å². The monoisotopic (exact) mass is 376 g/mol. The third-order valence-electron chi connectivity index (χ3n) is 5.98. The van der Waals surface area contributed by atoms with Crippen molar-refractivity contribution in [3.63, 3.8) is 0 Å². The summed E-state index contributed by atoms with van der Waals surface area (Å²) in [5.74, 6) is 0. The van der Waals surface area contributed by atoms with Gasteiger partial charge in [0.05, 0.1) is 11.2 Å². The molecule has 0 unspecified atom stereocenters. The first-order chi connectivity index (χ1) is 12.8. The lowest BCUT2D eigenvalue weighted by Crippen LogP contribution is -2.50. The smallest absolute Gasteiger partial charge is 0.309 e. The third-order valence-corrected chi connectivity index (χ3v) is 7.20. The summed E-state index contributed by atoms with van der Waals surface area (Å²) in [6, 6.07) is 19.8. The highest BCUT2D eigenvalue weighted by Crippen LogP contribution is 2.37. The number of hydrogen-bond acceptors (Lipinski definition) is 3. The molecule has 0 saturated heterocycles. The molecule has 0 bridgehead atoms. The van der Waals surface area contributed by atoms with Gasteiger partial charge in [-0.2, -0.15) is 0 Å². The topological polar surface area (TPSA) is 18.5 Å². The molecule has 27 heavy (non-hydrogen) atoms. The van der Waals surface area contributed by atoms with E-state index in [1.807, 2.05) is 11.3 Å². The summed E-state index contributed by atoms with van der Waals surface area (Å²) in [6.07, 6.45) is 0. The maximum Gasteiger partial charge on any atom is 0.309 e. The number of fused-ring (bicyclic) bond motifs is 5. The SMILES string of the molecule is COC(C)(C)C(C)(C)OBc1ccc2c(ccc3c4ccccc4sc23)c1. The number of hydrogen-bond donors (Lipinski definition) is 0. The highest BCUT2D eigenvalue weighted by molar-refractivity contribution is 7.26. The molecule has 0 N–H and O–H groups in total. The summed E-state index contributed by atoms with van der Waals surface area (Å²) >= 11 is 1.87. The Balaban J connectivity index is 1.69. The van der Waals surface area contributed by atoms with Gasteiger partial charge in [-0.05, 0) is 44.5 Å². The summed E-state index contributed by atoms with van der Waals surface area (Å²) < 4.78 is 14.6. The average Bonchev–Trinajstić information content (AvgIpc) is 3.05. The molecule has 0 radical (unpaired) electrons. The zero-order chi connectivity index (χ0) is 19.2. The van der Waals surface area contributed by atoms with Crippen molar-refractivity contribution in [1.82, 2.24) is 0 Å². The first-order valence-corrected chi connectivity index (χ1v) is 10.2. The molecule has 0 aliphatic carbocycles. The second kappa shape index (κ2) is 6.63. The minimum atomic E-state index is -0.383. The van der Waals surface area contributed by atoms with Gasteiger partial charge in [-0.1, -0.05) is 54.0 Å². The van der Waals surface area contributed by atoms with Crippen LogP contribution in [0.4, 0.5) is 0 Å². The Labute approximate surface area is 165 Å². The molecule has 1 heterocycles. The number of ether oxygens (including phenoxy) is 1. The quantitative estimate of drug-likeness (QED) is 0.434. The summed E-state index contributed by atoms with van der Waals surface area (Å²) in [4.78, 5) is 0. The van der Waals surface area contributed by atoms with Crippen LogP contribution in [0.25, 0.3) is 30.9 Å². The molecule has 4 aromatic rings. The van der Waals surface area contributed by atoms with E-state index in [-0.39, 0.29) is 11.2 Å². The molecule has 4 heteroatoms. The van der Waals surface area contributed by atoms with Crippen LogP contribution < -0.4 is 5.46 Å². The fourth-order valence-electron chi connectivity index (χ4n) is 3.33. The molecule has 4 rings (SSSR count). The van der Waals surface area contributed by atoms with Crippen molar-refractivity contribution in [2.75, 3.05) is 7.11 Å². The maximum absolute atomic E-state index is 6.23. The lowest BCUT2D eigenvalue weighted by Gasteiger charge is -2.40. The van der Waals surface area contributed by atoms with Gasteiger partial charge in [0.25, 0.3) is 0 Å². The number of methoxy groups -OCH3 is 1. The summed E-state index contributed by atoms with van der Waals surface area (Å²) in [5.41, 5.74) is 0.446. The average molecular weight is 376 g/mol. The normalized spacial score (nSPS) is 12.9. The van der Waals surface area contributed by atoms with Crippen LogP contribution in [0, 0.1) is 0 Å². The first-order valence-electron chi connectivity index (χ1n) is 9.34. The van der Waals surface area contributed by atoms with Crippen LogP contribution in [0.2, 0.25) is 0 Å². The predicted octanol–water partition coefficient (Wildman–Crippen LogP) is 5.40. The van der Waals surface area contributed by atoms with E-state index in [1.165, 1.54) is 36.4 Å². The Hall–Kier alpha value is -1.88. The Bertz CT molecular complexity index is 1130. The van der Waals surface area contributed by atoms with Gasteiger partial charge in [0.2, 0.25) is 0 Å². The van der Waals surface area contributed by atoms with Gasteiger partial charge in [0, 0.05) is 27.3 Å². The summed E-state index contributed by atoms with van der Waals surface area (Å²) in [7, 11) is 2.30. The van der Waals surface area contributed by atoms with Gasteiger partial charge >= 0.3 is 7.48 Å². The zero-order valence-electron chi connectivity index (χ0n) is 16.6. The van der Waals surface area contributed by atoms with Crippen molar-refractivity contribution in [2.45, 2.75) is 38.9 Å². The van der Waals surface area contributed by atoms with Gasteiger partial charge in [-0.15, -0.1) is 11.3 Å². The van der Waals surface area contributed by atoms with Gasteiger partial charge in [0.15, 0.2) is 0 Å². The van der Waals surface area contributed by atoms with Crippen LogP contribution in [0.15, 0.2) is 54.6 Å². The molecule has 2 nitrogen and oxygen atoms in total. The molecular weight excluding hydrogens is 351 g/mol. The van der Waals surface area contributed by atoms with E-state index in [0.29, 0.717) is 7.48 Å². The lowest BCUT2D eigenvalue weighted by atomic mass is 9.82.